The molecule has 1 aliphatic rings. The molecule has 0 aromatic heterocycles. The molecule has 70 heavy (non-hydrogen) atoms. The van der Waals surface area contributed by atoms with Crippen molar-refractivity contribution in [3.8, 4) is 0 Å². The van der Waals surface area contributed by atoms with Gasteiger partial charge in [-0.05, 0) is 103 Å². The normalized spacial score (nSPS) is 20.6. The molecule has 0 aliphatic carbocycles. The Bertz CT molecular complexity index is 1600. The fourth-order valence-corrected chi connectivity index (χ4v) is 7.39. The summed E-state index contributed by atoms with van der Waals surface area (Å²) < 4.78 is 11.2. The van der Waals surface area contributed by atoms with Crippen LogP contribution in [0.15, 0.2) is 146 Å². The van der Waals surface area contributed by atoms with Crippen LogP contribution in [0.2, 0.25) is 0 Å². The average Bonchev–Trinajstić information content (AvgIpc) is 3.36. The lowest BCUT2D eigenvalue weighted by Crippen LogP contribution is -2.60. The van der Waals surface area contributed by atoms with E-state index < -0.39 is 49.5 Å². The lowest BCUT2D eigenvalue weighted by molar-refractivity contribution is -0.302. The molecule has 0 aromatic rings. The maximum atomic E-state index is 13.0. The molecule has 9 nitrogen and oxygen atoms in total. The van der Waals surface area contributed by atoms with Crippen molar-refractivity contribution >= 4 is 5.91 Å². The summed E-state index contributed by atoms with van der Waals surface area (Å²) in [7, 11) is 0. The van der Waals surface area contributed by atoms with Crippen LogP contribution >= 0.6 is 0 Å². The molecule has 1 heterocycles. The van der Waals surface area contributed by atoms with E-state index in [0.717, 1.165) is 109 Å². The van der Waals surface area contributed by atoms with Crippen LogP contribution in [0.25, 0.3) is 0 Å². The molecular weight excluding hydrogens is 875 g/mol. The van der Waals surface area contributed by atoms with Crippen LogP contribution in [-0.4, -0.2) is 87.5 Å². The Morgan fingerprint density at radius 1 is 0.500 bits per heavy atom. The Kier molecular flexibility index (Phi) is 44.6. The van der Waals surface area contributed by atoms with Crippen molar-refractivity contribution in [1.29, 1.82) is 0 Å². The summed E-state index contributed by atoms with van der Waals surface area (Å²) in [5.74, 6) is -0.218. The minimum atomic E-state index is -1.58. The van der Waals surface area contributed by atoms with Crippen molar-refractivity contribution in [2.24, 2.45) is 0 Å². The van der Waals surface area contributed by atoms with Crippen molar-refractivity contribution in [2.45, 2.75) is 217 Å². The van der Waals surface area contributed by atoms with E-state index in [1.54, 1.807) is 6.08 Å². The predicted octanol–water partition coefficient (Wildman–Crippen LogP) is 13.1. The van der Waals surface area contributed by atoms with Crippen molar-refractivity contribution < 1.29 is 39.8 Å². The van der Waals surface area contributed by atoms with Gasteiger partial charge >= 0.3 is 0 Å². The molecule has 0 saturated carbocycles. The van der Waals surface area contributed by atoms with E-state index in [0.29, 0.717) is 12.8 Å². The number of aliphatic hydroxyl groups excluding tert-OH is 5. The number of rotatable bonds is 43. The summed E-state index contributed by atoms with van der Waals surface area (Å²) in [6.07, 6.45) is 69.2. The van der Waals surface area contributed by atoms with Crippen LogP contribution in [0, 0.1) is 0 Å². The van der Waals surface area contributed by atoms with Crippen LogP contribution < -0.4 is 5.32 Å². The van der Waals surface area contributed by atoms with Crippen molar-refractivity contribution in [3.63, 3.8) is 0 Å². The summed E-state index contributed by atoms with van der Waals surface area (Å²) >= 11 is 0. The quantitative estimate of drug-likeness (QED) is 0.0261. The number of hydrogen-bond acceptors (Lipinski definition) is 8. The number of nitrogens with one attached hydrogen (secondary N) is 1. The third kappa shape index (κ3) is 37.8. The molecule has 7 unspecified atom stereocenters. The smallest absolute Gasteiger partial charge is 0.220 e. The molecule has 0 spiro atoms. The van der Waals surface area contributed by atoms with Gasteiger partial charge in [0.05, 0.1) is 25.4 Å². The number of allylic oxidation sites excluding steroid dienone is 23. The second-order valence-electron chi connectivity index (χ2n) is 17.9. The Morgan fingerprint density at radius 3 is 1.31 bits per heavy atom. The first-order chi connectivity index (χ1) is 34.3. The molecule has 1 amide bonds. The zero-order valence-corrected chi connectivity index (χ0v) is 43.5. The Balaban J connectivity index is 2.22. The first-order valence-electron chi connectivity index (χ1n) is 27.1. The molecule has 9 heteroatoms. The van der Waals surface area contributed by atoms with E-state index in [4.69, 9.17) is 9.47 Å². The van der Waals surface area contributed by atoms with Crippen LogP contribution in [0.1, 0.15) is 174 Å². The minimum absolute atomic E-state index is 0.212. The Morgan fingerprint density at radius 2 is 0.886 bits per heavy atom. The van der Waals surface area contributed by atoms with E-state index in [-0.39, 0.29) is 12.5 Å². The summed E-state index contributed by atoms with van der Waals surface area (Å²) in [5.41, 5.74) is 0. The van der Waals surface area contributed by atoms with Gasteiger partial charge in [0.1, 0.15) is 24.4 Å². The van der Waals surface area contributed by atoms with Crippen LogP contribution in [0.4, 0.5) is 0 Å². The second-order valence-corrected chi connectivity index (χ2v) is 17.9. The van der Waals surface area contributed by atoms with Gasteiger partial charge in [-0.15, -0.1) is 0 Å². The SMILES string of the molecule is CC/C=C\C/C=C\C/C=C\C/C=C\C/C=C\C/C=C\C/C=C\C/C=C\C/C=C\C/C=C\C/C=C\CCCCCC(=O)NC(COC1OC(CO)C(O)C(O)C1O)C(O)/C=C/CCCCCCCCCC. The number of amides is 1. The van der Waals surface area contributed by atoms with E-state index in [9.17, 15) is 30.3 Å². The van der Waals surface area contributed by atoms with E-state index in [2.05, 4.69) is 153 Å². The van der Waals surface area contributed by atoms with Gasteiger partial charge in [0.2, 0.25) is 5.91 Å². The third-order valence-electron chi connectivity index (χ3n) is 11.7. The Hall–Kier alpha value is -3.93. The summed E-state index contributed by atoms with van der Waals surface area (Å²) in [4.78, 5) is 13.0. The standard InChI is InChI=1S/C61H97NO8/c1-3-5-7-9-11-13-15-16-17-18-19-20-21-22-23-24-25-26-27-28-29-30-31-32-33-34-35-36-37-38-39-40-41-43-45-47-49-51-57(65)62-54(53-69-61-60(68)59(67)58(66)56(52-63)70-61)55(64)50-48-46-44-42-14-12-10-8-6-4-2/h5,7,11,13,16-17,19-20,22-23,25-26,28-29,31-32,34-35,37-38,40-41,48,50,54-56,58-61,63-64,66-68H,3-4,6,8-10,12,14-15,18,21,24,27,30,33,36,39,42-47,49,51-53H2,1-2H3,(H,62,65)/b7-5-,13-11-,17-16-,20-19-,23-22-,26-25-,29-28-,32-31-,35-34-,38-37-,41-40-,50-48+. The van der Waals surface area contributed by atoms with Gasteiger partial charge in [-0.2, -0.15) is 0 Å². The number of carbonyl (C=O) groups excluding carboxylic acids is 1. The number of unbranched alkanes of at least 4 members (excludes halogenated alkanes) is 11. The van der Waals surface area contributed by atoms with Crippen LogP contribution in [0.3, 0.4) is 0 Å². The van der Waals surface area contributed by atoms with Gasteiger partial charge in [0, 0.05) is 6.42 Å². The first kappa shape index (κ1) is 64.1. The van der Waals surface area contributed by atoms with Gasteiger partial charge in [0.25, 0.3) is 0 Å². The van der Waals surface area contributed by atoms with Crippen molar-refractivity contribution in [3.05, 3.63) is 146 Å². The largest absolute Gasteiger partial charge is 0.394 e. The predicted molar refractivity (Wildman–Crippen MR) is 294 cm³/mol. The highest BCUT2D eigenvalue weighted by Crippen LogP contribution is 2.22. The van der Waals surface area contributed by atoms with E-state index in [1.165, 1.54) is 38.5 Å². The maximum absolute atomic E-state index is 13.0. The average molecular weight is 972 g/mol. The maximum Gasteiger partial charge on any atom is 0.220 e. The molecule has 1 rings (SSSR count). The monoisotopic (exact) mass is 972 g/mol. The third-order valence-corrected chi connectivity index (χ3v) is 11.7. The summed E-state index contributed by atoms with van der Waals surface area (Å²) in [6.45, 7) is 3.59. The van der Waals surface area contributed by atoms with Gasteiger partial charge in [-0.3, -0.25) is 4.79 Å². The second kappa shape index (κ2) is 48.7. The first-order valence-corrected chi connectivity index (χ1v) is 27.1. The molecule has 1 saturated heterocycles. The van der Waals surface area contributed by atoms with E-state index in [1.807, 2.05) is 6.08 Å². The van der Waals surface area contributed by atoms with E-state index >= 15 is 0 Å². The zero-order chi connectivity index (χ0) is 50.8. The Labute approximate surface area is 425 Å². The molecule has 0 bridgehead atoms. The van der Waals surface area contributed by atoms with Crippen LogP contribution in [-0.2, 0) is 14.3 Å². The molecule has 6 N–H and O–H groups in total. The molecule has 394 valence electrons. The van der Waals surface area contributed by atoms with Gasteiger partial charge < -0.3 is 40.3 Å². The molecule has 0 aromatic carbocycles. The highest BCUT2D eigenvalue weighted by molar-refractivity contribution is 5.76. The fraction of sp³-hybridized carbons (Fsp3) is 0.590. The van der Waals surface area contributed by atoms with Gasteiger partial charge in [0.15, 0.2) is 6.29 Å². The number of hydrogen-bond donors (Lipinski definition) is 6. The number of carbonyl (C=O) groups is 1. The van der Waals surface area contributed by atoms with Gasteiger partial charge in [-0.1, -0.05) is 211 Å². The highest BCUT2D eigenvalue weighted by Gasteiger charge is 2.44. The fourth-order valence-electron chi connectivity index (χ4n) is 7.39. The minimum Gasteiger partial charge on any atom is -0.394 e. The number of ether oxygens (including phenoxy) is 2. The lowest BCUT2D eigenvalue weighted by Gasteiger charge is -2.40. The van der Waals surface area contributed by atoms with Crippen molar-refractivity contribution in [1.82, 2.24) is 5.32 Å². The summed E-state index contributed by atoms with van der Waals surface area (Å²) in [5, 5.41) is 54.2. The molecule has 0 radical (unpaired) electrons. The zero-order valence-electron chi connectivity index (χ0n) is 43.5. The van der Waals surface area contributed by atoms with Crippen LogP contribution in [0.5, 0.6) is 0 Å². The van der Waals surface area contributed by atoms with Crippen molar-refractivity contribution in [2.75, 3.05) is 13.2 Å². The van der Waals surface area contributed by atoms with Gasteiger partial charge in [-0.25, -0.2) is 0 Å². The molecule has 1 aliphatic heterocycles. The molecule has 1 fully saturated rings. The topological polar surface area (TPSA) is 149 Å². The highest BCUT2D eigenvalue weighted by atomic mass is 16.7. The molecule has 7 atom stereocenters. The summed E-state index contributed by atoms with van der Waals surface area (Å²) in [6, 6.07) is -0.832. The lowest BCUT2D eigenvalue weighted by atomic mass is 9.99. The molecular formula is C61H97NO8. The number of aliphatic hydroxyl groups is 5.